The maximum absolute atomic E-state index is 14.5. The van der Waals surface area contributed by atoms with Gasteiger partial charge in [-0.2, -0.15) is 0 Å². The molecule has 4 atom stereocenters. The Morgan fingerprint density at radius 1 is 1.18 bits per heavy atom. The molecule has 6 rings (SSSR count). The molecule has 1 amide bonds. The number of primary amides is 1. The fraction of sp³-hybridized carbons (Fsp3) is 0.355. The van der Waals surface area contributed by atoms with E-state index in [0.29, 0.717) is 22.3 Å². The van der Waals surface area contributed by atoms with Crippen LogP contribution in [-0.2, 0) is 20.8 Å². The van der Waals surface area contributed by atoms with Gasteiger partial charge in [0, 0.05) is 36.8 Å². The molecule has 3 aliphatic rings. The number of likely N-dealkylation sites (N-methyl/N-ethyl adjacent to an activating group) is 1. The summed E-state index contributed by atoms with van der Waals surface area (Å²) < 4.78 is 25.6. The summed E-state index contributed by atoms with van der Waals surface area (Å²) in [6.45, 7) is 0. The number of aliphatic hydroxyl groups excluding tert-OH is 2. The number of aromatic nitrogens is 1. The van der Waals surface area contributed by atoms with Crippen LogP contribution in [0.1, 0.15) is 17.5 Å². The van der Waals surface area contributed by atoms with Gasteiger partial charge in [0.15, 0.2) is 28.5 Å². The number of Topliss-reactive ketones (excluding diaryl/α,β-unsaturated/α-hetero) is 2. The van der Waals surface area contributed by atoms with Gasteiger partial charge in [-0.3, -0.25) is 19.3 Å². The summed E-state index contributed by atoms with van der Waals surface area (Å²) in [6.07, 6.45) is 0.231. The highest BCUT2D eigenvalue weighted by atomic mass is 19.1. The van der Waals surface area contributed by atoms with Crippen molar-refractivity contribution in [2.75, 3.05) is 40.2 Å². The first-order chi connectivity index (χ1) is 20.7. The third-order valence-electron chi connectivity index (χ3n) is 8.96. The lowest BCUT2D eigenvalue weighted by molar-refractivity contribution is -0.153. The molecule has 2 aromatic carbocycles. The number of anilines is 1. The van der Waals surface area contributed by atoms with Crippen LogP contribution in [-0.4, -0.2) is 89.6 Å². The van der Waals surface area contributed by atoms with Gasteiger partial charge in [0.05, 0.1) is 18.7 Å². The molecule has 0 aliphatic heterocycles. The first kappa shape index (κ1) is 29.3. The Labute approximate surface area is 250 Å². The highest BCUT2D eigenvalue weighted by Gasteiger charge is 2.64. The topological polar surface area (TPSA) is 180 Å². The van der Waals surface area contributed by atoms with Crippen LogP contribution in [0.15, 0.2) is 45.6 Å². The number of halogens is 1. The Hall–Kier alpha value is -4.75. The molecule has 0 unspecified atom stereocenters. The van der Waals surface area contributed by atoms with Crippen molar-refractivity contribution < 1.29 is 43.2 Å². The summed E-state index contributed by atoms with van der Waals surface area (Å²) in [5, 5.41) is 34.8. The minimum Gasteiger partial charge on any atom is -0.508 e. The third kappa shape index (κ3) is 3.88. The zero-order valence-corrected chi connectivity index (χ0v) is 24.6. The molecular formula is C31H31FN4O8. The van der Waals surface area contributed by atoms with Gasteiger partial charge < -0.3 is 35.1 Å². The van der Waals surface area contributed by atoms with Gasteiger partial charge in [-0.05, 0) is 62.7 Å². The minimum absolute atomic E-state index is 0.0173. The molecule has 1 saturated carbocycles. The van der Waals surface area contributed by atoms with Crippen molar-refractivity contribution in [2.24, 2.45) is 17.6 Å². The second kappa shape index (κ2) is 9.89. The number of hydrogen-bond acceptors (Lipinski definition) is 11. The number of carbonyl (C=O) groups is 3. The maximum Gasteiger partial charge on any atom is 0.255 e. The number of nitrogens with zero attached hydrogens (tertiary/aromatic N) is 3. The summed E-state index contributed by atoms with van der Waals surface area (Å²) in [4.78, 5) is 47.6. The molecule has 0 radical (unpaired) electrons. The molecule has 0 bridgehead atoms. The number of rotatable bonds is 5. The van der Waals surface area contributed by atoms with Crippen molar-refractivity contribution in [3.63, 3.8) is 0 Å². The molecule has 230 valence electrons. The van der Waals surface area contributed by atoms with Crippen LogP contribution in [0.4, 0.5) is 10.1 Å². The number of oxazole rings is 1. The van der Waals surface area contributed by atoms with Gasteiger partial charge in [0.2, 0.25) is 11.7 Å². The number of ketones is 2. The van der Waals surface area contributed by atoms with Crippen LogP contribution in [0.3, 0.4) is 0 Å². The Morgan fingerprint density at radius 2 is 1.89 bits per heavy atom. The first-order valence-electron chi connectivity index (χ1n) is 13.8. The van der Waals surface area contributed by atoms with Crippen LogP contribution in [0.25, 0.3) is 28.3 Å². The molecule has 0 saturated heterocycles. The van der Waals surface area contributed by atoms with E-state index in [1.807, 2.05) is 4.90 Å². The fourth-order valence-electron chi connectivity index (χ4n) is 7.00. The number of amides is 1. The van der Waals surface area contributed by atoms with E-state index < -0.39 is 63.9 Å². The number of ether oxygens (including phenoxy) is 1. The Balaban J connectivity index is 1.59. The molecule has 1 heterocycles. The van der Waals surface area contributed by atoms with Crippen LogP contribution in [0.5, 0.6) is 5.75 Å². The molecule has 13 heteroatoms. The molecule has 44 heavy (non-hydrogen) atoms. The van der Waals surface area contributed by atoms with Crippen molar-refractivity contribution in [1.82, 2.24) is 9.88 Å². The van der Waals surface area contributed by atoms with E-state index in [1.54, 1.807) is 40.3 Å². The average molecular weight is 607 g/mol. The molecular weight excluding hydrogens is 575 g/mol. The van der Waals surface area contributed by atoms with E-state index in [1.165, 1.54) is 24.1 Å². The smallest absolute Gasteiger partial charge is 0.255 e. The molecule has 3 aliphatic carbocycles. The predicted molar refractivity (Wildman–Crippen MR) is 156 cm³/mol. The van der Waals surface area contributed by atoms with Gasteiger partial charge in [-0.1, -0.05) is 0 Å². The Kier molecular flexibility index (Phi) is 6.59. The lowest BCUT2D eigenvalue weighted by Gasteiger charge is -2.50. The number of carbonyl (C=O) groups excluding carboxylic acids is 3. The molecule has 0 spiro atoms. The van der Waals surface area contributed by atoms with Crippen LogP contribution in [0, 0.1) is 17.7 Å². The monoisotopic (exact) mass is 606 g/mol. The number of benzene rings is 2. The standard InChI is InChI=1S/C31H31FN4O8/c1-35(2)18-11-17-26(44-30(34-17)12-6-7-19(43-5)16(32)10-12)21-14(18)8-13-9-15-23(36(3)4)25(38)22(29(33)41)28(40)31(15,42)27(39)20(13)24(21)37/h6-7,10-11,13,15,23,37,40,42H,8-9H2,1-5H3,(H2,33,41)/t13-,15-,23-,31-/m0/s1. The van der Waals surface area contributed by atoms with Crippen molar-refractivity contribution in [1.29, 1.82) is 0 Å². The van der Waals surface area contributed by atoms with E-state index in [-0.39, 0.29) is 41.2 Å². The lowest BCUT2D eigenvalue weighted by Crippen LogP contribution is -2.65. The van der Waals surface area contributed by atoms with Gasteiger partial charge in [0.1, 0.15) is 22.6 Å². The van der Waals surface area contributed by atoms with Crippen LogP contribution >= 0.6 is 0 Å². The SMILES string of the molecule is COc1ccc(-c2nc3cc(N(C)C)c4c(c3o2)C(O)=C2C(=O)[C@]3(O)C(O)=C(C(N)=O)C(=O)[C@@H](N(C)C)[C@@H]3C[C@@H]2C4)cc1F. The average Bonchev–Trinajstić information content (AvgIpc) is 3.38. The summed E-state index contributed by atoms with van der Waals surface area (Å²) in [5.41, 5.74) is 3.91. The second-order valence-corrected chi connectivity index (χ2v) is 11.8. The number of fused-ring (bicyclic) bond motifs is 5. The van der Waals surface area contributed by atoms with E-state index in [0.717, 1.165) is 0 Å². The number of nitrogens with two attached hydrogens (primary N) is 1. The fourth-order valence-corrected chi connectivity index (χ4v) is 7.00. The summed E-state index contributed by atoms with van der Waals surface area (Å²) >= 11 is 0. The number of hydrogen-bond donors (Lipinski definition) is 4. The van der Waals surface area contributed by atoms with E-state index in [2.05, 4.69) is 4.98 Å². The lowest BCUT2D eigenvalue weighted by atomic mass is 9.57. The number of methoxy groups -OCH3 is 1. The summed E-state index contributed by atoms with van der Waals surface area (Å²) in [5.74, 6) is -7.07. The van der Waals surface area contributed by atoms with Gasteiger partial charge in [-0.25, -0.2) is 9.37 Å². The van der Waals surface area contributed by atoms with Crippen LogP contribution < -0.4 is 15.4 Å². The Morgan fingerprint density at radius 3 is 2.48 bits per heavy atom. The van der Waals surface area contributed by atoms with Crippen molar-refractivity contribution in [3.05, 3.63) is 58.1 Å². The molecule has 12 nitrogen and oxygen atoms in total. The predicted octanol–water partition coefficient (Wildman–Crippen LogP) is 2.28. The molecule has 1 aromatic heterocycles. The highest BCUT2D eigenvalue weighted by Crippen LogP contribution is 2.53. The summed E-state index contributed by atoms with van der Waals surface area (Å²) in [7, 11) is 8.07. The molecule has 3 aromatic rings. The summed E-state index contributed by atoms with van der Waals surface area (Å²) in [6, 6.07) is 4.82. The van der Waals surface area contributed by atoms with Crippen molar-refractivity contribution >= 4 is 40.0 Å². The molecule has 1 fully saturated rings. The van der Waals surface area contributed by atoms with Gasteiger partial charge in [0.25, 0.3) is 5.91 Å². The van der Waals surface area contributed by atoms with Gasteiger partial charge in [-0.15, -0.1) is 0 Å². The number of aliphatic hydroxyl groups is 3. The highest BCUT2D eigenvalue weighted by molar-refractivity contribution is 6.24. The quantitative estimate of drug-likeness (QED) is 0.313. The zero-order chi connectivity index (χ0) is 32.0. The largest absolute Gasteiger partial charge is 0.508 e. The first-order valence-corrected chi connectivity index (χ1v) is 13.8. The van der Waals surface area contributed by atoms with Crippen molar-refractivity contribution in [3.8, 4) is 17.2 Å². The van der Waals surface area contributed by atoms with Gasteiger partial charge >= 0.3 is 0 Å². The normalized spacial score (nSPS) is 24.9. The van der Waals surface area contributed by atoms with Crippen molar-refractivity contribution in [2.45, 2.75) is 24.5 Å². The van der Waals surface area contributed by atoms with E-state index in [4.69, 9.17) is 14.9 Å². The third-order valence-corrected chi connectivity index (χ3v) is 8.96. The second-order valence-electron chi connectivity index (χ2n) is 11.8. The Bertz CT molecular complexity index is 1860. The maximum atomic E-state index is 14.5. The van der Waals surface area contributed by atoms with E-state index in [9.17, 15) is 34.1 Å². The van der Waals surface area contributed by atoms with E-state index >= 15 is 0 Å². The minimum atomic E-state index is -2.70. The zero-order valence-electron chi connectivity index (χ0n) is 24.6. The van der Waals surface area contributed by atoms with Crippen LogP contribution in [0.2, 0.25) is 0 Å². The molecule has 5 N–H and O–H groups in total.